The van der Waals surface area contributed by atoms with E-state index in [2.05, 4.69) is 6.07 Å². The van der Waals surface area contributed by atoms with Crippen molar-refractivity contribution in [3.8, 4) is 0 Å². The van der Waals surface area contributed by atoms with Gasteiger partial charge in [-0.2, -0.15) is 24.3 Å². The number of rotatable bonds is 0. The molecule has 0 spiro atoms. The number of fused-ring (bicyclic) bond motifs is 1. The topological polar surface area (TPSA) is 13.1 Å². The van der Waals surface area contributed by atoms with Crippen molar-refractivity contribution in [2.45, 2.75) is 0 Å². The Morgan fingerprint density at radius 2 is 1.91 bits per heavy atom. The van der Waals surface area contributed by atoms with E-state index in [1.165, 1.54) is 0 Å². The van der Waals surface area contributed by atoms with Gasteiger partial charge in [-0.25, -0.2) is 0 Å². The van der Waals surface area contributed by atoms with Crippen LogP contribution in [0.1, 0.15) is 0 Å². The Balaban J connectivity index is 0.000000500. The van der Waals surface area contributed by atoms with Crippen molar-refractivity contribution in [2.75, 3.05) is 0 Å². The second-order valence-corrected chi connectivity index (χ2v) is 1.93. The second-order valence-electron chi connectivity index (χ2n) is 1.93. The standard InChI is InChI=1S/C8H5O.BrH.Mg/c1-2-4-8-6-9-5-7(8)3-1;;/h1,3-6H;1H;/q-1;;+2/p-1. The Labute approximate surface area is 91.7 Å². The van der Waals surface area contributed by atoms with Gasteiger partial charge in [-0.3, -0.25) is 0 Å². The predicted molar refractivity (Wildman–Crippen MR) is 40.8 cm³/mol. The molecule has 0 aliphatic carbocycles. The van der Waals surface area contributed by atoms with Crippen LogP contribution in [-0.4, -0.2) is 23.1 Å². The van der Waals surface area contributed by atoms with Crippen molar-refractivity contribution in [2.24, 2.45) is 0 Å². The minimum absolute atomic E-state index is 0. The normalized spacial score (nSPS) is 8.36. The summed E-state index contributed by atoms with van der Waals surface area (Å²) >= 11 is 0. The Morgan fingerprint density at radius 3 is 2.64 bits per heavy atom. The van der Waals surface area contributed by atoms with Crippen LogP contribution in [0.5, 0.6) is 0 Å². The second kappa shape index (κ2) is 4.80. The summed E-state index contributed by atoms with van der Waals surface area (Å²) in [6.07, 6.45) is 3.44. The van der Waals surface area contributed by atoms with Crippen molar-refractivity contribution in [3.05, 3.63) is 36.8 Å². The molecule has 0 saturated heterocycles. The molecule has 0 fully saturated rings. The molecule has 0 bridgehead atoms. The van der Waals surface area contributed by atoms with Crippen LogP contribution in [0.15, 0.2) is 35.1 Å². The first-order chi connectivity index (χ1) is 4.47. The van der Waals surface area contributed by atoms with Crippen LogP contribution >= 0.6 is 0 Å². The molecule has 0 aliphatic heterocycles. The first-order valence-electron chi connectivity index (χ1n) is 2.79. The fourth-order valence-corrected chi connectivity index (χ4v) is 0.845. The van der Waals surface area contributed by atoms with Gasteiger partial charge in [-0.15, -0.1) is 0 Å². The van der Waals surface area contributed by atoms with Gasteiger partial charge in [0.15, 0.2) is 0 Å². The number of benzene rings is 1. The maximum Gasteiger partial charge on any atom is 2.00 e. The average molecular weight is 221 g/mol. The maximum absolute atomic E-state index is 4.94. The monoisotopic (exact) mass is 220 g/mol. The minimum Gasteiger partial charge on any atom is -1.00 e. The Kier molecular flexibility index (Phi) is 4.80. The molecular formula is C8H5BrMgO. The zero-order valence-corrected chi connectivity index (χ0v) is 8.88. The largest absolute Gasteiger partial charge is 2.00 e. The van der Waals surface area contributed by atoms with Crippen LogP contribution in [0.25, 0.3) is 10.8 Å². The third-order valence-corrected chi connectivity index (χ3v) is 1.32. The first kappa shape index (κ1) is 11.0. The van der Waals surface area contributed by atoms with E-state index >= 15 is 0 Å². The summed E-state index contributed by atoms with van der Waals surface area (Å²) in [5, 5.41) is 2.24. The van der Waals surface area contributed by atoms with Crippen molar-refractivity contribution in [3.63, 3.8) is 0 Å². The molecule has 11 heavy (non-hydrogen) atoms. The van der Waals surface area contributed by atoms with Crippen molar-refractivity contribution in [1.29, 1.82) is 0 Å². The molecule has 0 unspecified atom stereocenters. The van der Waals surface area contributed by atoms with Crippen LogP contribution < -0.4 is 17.0 Å². The van der Waals surface area contributed by atoms with Crippen molar-refractivity contribution in [1.82, 2.24) is 0 Å². The fourth-order valence-electron chi connectivity index (χ4n) is 0.845. The van der Waals surface area contributed by atoms with Gasteiger partial charge in [0, 0.05) is 6.26 Å². The number of halogens is 1. The van der Waals surface area contributed by atoms with Crippen molar-refractivity contribution < 1.29 is 21.4 Å². The van der Waals surface area contributed by atoms with Gasteiger partial charge in [0.25, 0.3) is 0 Å². The molecule has 1 aromatic heterocycles. The summed E-state index contributed by atoms with van der Waals surface area (Å²) in [5.74, 6) is 0. The van der Waals surface area contributed by atoms with Gasteiger partial charge >= 0.3 is 23.1 Å². The molecule has 1 heterocycles. The van der Waals surface area contributed by atoms with E-state index in [1.807, 2.05) is 18.2 Å². The third-order valence-electron chi connectivity index (χ3n) is 1.32. The van der Waals surface area contributed by atoms with Gasteiger partial charge in [-0.05, 0) is 0 Å². The first-order valence-corrected chi connectivity index (χ1v) is 2.79. The molecule has 3 heteroatoms. The van der Waals surface area contributed by atoms with E-state index in [0.29, 0.717) is 0 Å². The van der Waals surface area contributed by atoms with E-state index in [4.69, 9.17) is 4.42 Å². The Bertz CT molecular complexity index is 288. The predicted octanol–water partition coefficient (Wildman–Crippen LogP) is -1.14. The molecule has 0 atom stereocenters. The molecule has 1 nitrogen and oxygen atoms in total. The molecular weight excluding hydrogens is 216 g/mol. The molecule has 1 aromatic carbocycles. The number of furan rings is 1. The van der Waals surface area contributed by atoms with E-state index in [9.17, 15) is 0 Å². The molecule has 0 amide bonds. The summed E-state index contributed by atoms with van der Waals surface area (Å²) in [7, 11) is 0. The summed E-state index contributed by atoms with van der Waals surface area (Å²) in [6.45, 7) is 0. The number of hydrogen-bond donors (Lipinski definition) is 0. The van der Waals surface area contributed by atoms with E-state index in [-0.39, 0.29) is 40.0 Å². The van der Waals surface area contributed by atoms with Crippen LogP contribution in [0, 0.1) is 6.07 Å². The zero-order valence-electron chi connectivity index (χ0n) is 5.88. The summed E-state index contributed by atoms with van der Waals surface area (Å²) in [6, 6.07) is 8.71. The zero-order chi connectivity index (χ0) is 6.10. The smallest absolute Gasteiger partial charge is 1.00 e. The quantitative estimate of drug-likeness (QED) is 0.405. The van der Waals surface area contributed by atoms with Crippen LogP contribution in [0.4, 0.5) is 0 Å². The Hall–Kier alpha value is 0.00623. The SMILES string of the molecule is [Br-].[Mg+2].[c-]1ccc2cocc2c1. The molecule has 52 valence electrons. The molecule has 0 N–H and O–H groups in total. The summed E-state index contributed by atoms with van der Waals surface area (Å²) < 4.78 is 4.94. The van der Waals surface area contributed by atoms with E-state index in [1.54, 1.807) is 12.5 Å². The Morgan fingerprint density at radius 1 is 1.18 bits per heavy atom. The van der Waals surface area contributed by atoms with Gasteiger partial charge < -0.3 is 21.4 Å². The van der Waals surface area contributed by atoms with Crippen LogP contribution in [0.2, 0.25) is 0 Å². The van der Waals surface area contributed by atoms with Crippen molar-refractivity contribution >= 4 is 33.8 Å². The molecule has 2 rings (SSSR count). The third kappa shape index (κ3) is 2.22. The van der Waals surface area contributed by atoms with Gasteiger partial charge in [-0.1, -0.05) is 10.8 Å². The fraction of sp³-hybridized carbons (Fsp3) is 0. The molecule has 0 radical (unpaired) electrons. The molecule has 2 aromatic rings. The van der Waals surface area contributed by atoms with Gasteiger partial charge in [0.1, 0.15) is 0 Å². The van der Waals surface area contributed by atoms with Crippen LogP contribution in [-0.2, 0) is 0 Å². The average Bonchev–Trinajstić information content (AvgIpc) is 2.33. The van der Waals surface area contributed by atoms with E-state index in [0.717, 1.165) is 10.8 Å². The summed E-state index contributed by atoms with van der Waals surface area (Å²) in [5.41, 5.74) is 0. The summed E-state index contributed by atoms with van der Waals surface area (Å²) in [4.78, 5) is 0. The van der Waals surface area contributed by atoms with E-state index < -0.39 is 0 Å². The van der Waals surface area contributed by atoms with Gasteiger partial charge in [0.05, 0.1) is 6.26 Å². The molecule has 0 saturated carbocycles. The minimum atomic E-state index is 0. The number of hydrogen-bond acceptors (Lipinski definition) is 1. The maximum atomic E-state index is 4.94. The van der Waals surface area contributed by atoms with Gasteiger partial charge in [0.2, 0.25) is 0 Å². The molecule has 0 aliphatic rings. The van der Waals surface area contributed by atoms with Crippen LogP contribution in [0.3, 0.4) is 0 Å².